The summed E-state index contributed by atoms with van der Waals surface area (Å²) in [6, 6.07) is 1.47. The Kier molecular flexibility index (Phi) is 3.82. The third kappa shape index (κ3) is 2.94. The average molecular weight is 223 g/mol. The number of hydrogen-bond donors (Lipinski definition) is 1. The second-order valence-corrected chi connectivity index (χ2v) is 3.09. The van der Waals surface area contributed by atoms with Crippen LogP contribution >= 0.6 is 0 Å². The van der Waals surface area contributed by atoms with Gasteiger partial charge in [0.2, 0.25) is 0 Å². The highest BCUT2D eigenvalue weighted by Crippen LogP contribution is 2.01. The Morgan fingerprint density at radius 1 is 1.62 bits per heavy atom. The Labute approximate surface area is 92.7 Å². The van der Waals surface area contributed by atoms with Crippen LogP contribution in [0.1, 0.15) is 17.4 Å². The number of hydrogen-bond acceptors (Lipinski definition) is 4. The second kappa shape index (κ2) is 5.11. The molecule has 0 fully saturated rings. The van der Waals surface area contributed by atoms with Crippen molar-refractivity contribution in [3.8, 4) is 0 Å². The highest BCUT2D eigenvalue weighted by Gasteiger charge is 2.10. The van der Waals surface area contributed by atoms with Gasteiger partial charge in [0.25, 0.3) is 5.91 Å². The maximum Gasteiger partial charge on any atom is 0.335 e. The van der Waals surface area contributed by atoms with Crippen LogP contribution in [-0.4, -0.2) is 28.3 Å². The van der Waals surface area contributed by atoms with Gasteiger partial charge < -0.3 is 10.5 Å². The number of primary amides is 1. The molecule has 0 spiro atoms. The molecule has 0 saturated heterocycles. The van der Waals surface area contributed by atoms with Crippen LogP contribution < -0.4 is 5.73 Å². The van der Waals surface area contributed by atoms with Crippen LogP contribution in [0.15, 0.2) is 24.4 Å². The van der Waals surface area contributed by atoms with E-state index in [2.05, 4.69) is 11.7 Å². The minimum Gasteiger partial charge on any atom is -0.463 e. The Hall–Kier alpha value is -2.11. The van der Waals surface area contributed by atoms with E-state index >= 15 is 0 Å². The molecule has 2 N–H and O–H groups in total. The highest BCUT2D eigenvalue weighted by atomic mass is 16.5. The molecule has 0 aromatic carbocycles. The quantitative estimate of drug-likeness (QED) is 0.566. The monoisotopic (exact) mass is 223 g/mol. The van der Waals surface area contributed by atoms with Crippen LogP contribution in [0.4, 0.5) is 0 Å². The van der Waals surface area contributed by atoms with Crippen LogP contribution in [0.3, 0.4) is 0 Å². The van der Waals surface area contributed by atoms with Gasteiger partial charge >= 0.3 is 5.97 Å². The summed E-state index contributed by atoms with van der Waals surface area (Å²) in [5.41, 5.74) is 5.45. The second-order valence-electron chi connectivity index (χ2n) is 3.09. The van der Waals surface area contributed by atoms with Crippen molar-refractivity contribution in [2.45, 2.75) is 13.5 Å². The third-order valence-corrected chi connectivity index (χ3v) is 1.81. The summed E-state index contributed by atoms with van der Waals surface area (Å²) in [7, 11) is 0. The lowest BCUT2D eigenvalue weighted by atomic mass is 10.3. The van der Waals surface area contributed by atoms with Gasteiger partial charge in [-0.1, -0.05) is 6.58 Å². The summed E-state index contributed by atoms with van der Waals surface area (Å²) in [4.78, 5) is 22.0. The van der Waals surface area contributed by atoms with Gasteiger partial charge in [0, 0.05) is 6.20 Å². The van der Waals surface area contributed by atoms with Crippen molar-refractivity contribution >= 4 is 11.9 Å². The van der Waals surface area contributed by atoms with Gasteiger partial charge in [-0.05, 0) is 13.0 Å². The van der Waals surface area contributed by atoms with E-state index in [0.717, 1.165) is 0 Å². The lowest BCUT2D eigenvalue weighted by molar-refractivity contribution is -0.138. The van der Waals surface area contributed by atoms with E-state index in [0.29, 0.717) is 6.61 Å². The number of amides is 1. The number of esters is 1. The SMILES string of the molecule is C=C(Cn1ccc(C(N)=O)n1)C(=O)OCC. The Balaban J connectivity index is 2.63. The number of carbonyl (C=O) groups excluding carboxylic acids is 2. The fourth-order valence-corrected chi connectivity index (χ4v) is 1.07. The number of ether oxygens (including phenoxy) is 1. The van der Waals surface area contributed by atoms with Crippen LogP contribution in [-0.2, 0) is 16.1 Å². The summed E-state index contributed by atoms with van der Waals surface area (Å²) in [6.45, 7) is 5.75. The lowest BCUT2D eigenvalue weighted by Crippen LogP contribution is -2.15. The van der Waals surface area contributed by atoms with Gasteiger partial charge in [0.1, 0.15) is 5.69 Å². The first-order chi connectivity index (χ1) is 7.54. The molecule has 0 aliphatic carbocycles. The molecule has 0 aliphatic heterocycles. The molecule has 1 aromatic heterocycles. The minimum atomic E-state index is -0.611. The predicted molar refractivity (Wildman–Crippen MR) is 56.5 cm³/mol. The molecule has 86 valence electrons. The van der Waals surface area contributed by atoms with E-state index in [1.165, 1.54) is 10.7 Å². The largest absolute Gasteiger partial charge is 0.463 e. The van der Waals surface area contributed by atoms with Crippen LogP contribution in [0.5, 0.6) is 0 Å². The first kappa shape index (κ1) is 12.0. The standard InChI is InChI=1S/C10H13N3O3/c1-3-16-10(15)7(2)6-13-5-4-8(12-13)9(11)14/h4-5H,2-3,6H2,1H3,(H2,11,14). The molecule has 6 heteroatoms. The van der Waals surface area contributed by atoms with E-state index in [-0.39, 0.29) is 17.8 Å². The predicted octanol–water partition coefficient (Wildman–Crippen LogP) is 0.101. The van der Waals surface area contributed by atoms with Crippen molar-refractivity contribution < 1.29 is 14.3 Å². The van der Waals surface area contributed by atoms with Gasteiger partial charge in [0.05, 0.1) is 18.7 Å². The van der Waals surface area contributed by atoms with E-state index in [4.69, 9.17) is 10.5 Å². The van der Waals surface area contributed by atoms with Crippen molar-refractivity contribution in [3.05, 3.63) is 30.1 Å². The Morgan fingerprint density at radius 2 is 2.31 bits per heavy atom. The Bertz CT molecular complexity index is 423. The molecule has 1 aromatic rings. The number of nitrogens with zero attached hydrogens (tertiary/aromatic N) is 2. The van der Waals surface area contributed by atoms with Gasteiger partial charge in [0.15, 0.2) is 0 Å². The van der Waals surface area contributed by atoms with Crippen LogP contribution in [0.2, 0.25) is 0 Å². The summed E-state index contributed by atoms with van der Waals surface area (Å²) in [5, 5.41) is 3.87. The van der Waals surface area contributed by atoms with Gasteiger partial charge in [-0.3, -0.25) is 9.48 Å². The number of aromatic nitrogens is 2. The highest BCUT2D eigenvalue weighted by molar-refractivity contribution is 5.90. The van der Waals surface area contributed by atoms with Crippen molar-refractivity contribution in [2.24, 2.45) is 5.73 Å². The smallest absolute Gasteiger partial charge is 0.335 e. The number of nitrogens with two attached hydrogens (primary N) is 1. The molecule has 0 unspecified atom stereocenters. The molecule has 0 atom stereocenters. The van der Waals surface area contributed by atoms with E-state index in [9.17, 15) is 9.59 Å². The first-order valence-electron chi connectivity index (χ1n) is 4.72. The maximum atomic E-state index is 11.2. The van der Waals surface area contributed by atoms with E-state index in [1.807, 2.05) is 0 Å². The lowest BCUT2D eigenvalue weighted by Gasteiger charge is -2.04. The third-order valence-electron chi connectivity index (χ3n) is 1.81. The molecule has 0 bridgehead atoms. The van der Waals surface area contributed by atoms with Crippen LogP contribution in [0.25, 0.3) is 0 Å². The molecule has 6 nitrogen and oxygen atoms in total. The van der Waals surface area contributed by atoms with Crippen molar-refractivity contribution in [1.29, 1.82) is 0 Å². The molecule has 16 heavy (non-hydrogen) atoms. The number of carbonyl (C=O) groups is 2. The molecule has 1 amide bonds. The molecule has 0 saturated carbocycles. The zero-order chi connectivity index (χ0) is 12.1. The zero-order valence-corrected chi connectivity index (χ0v) is 8.97. The normalized spacial score (nSPS) is 9.81. The summed E-state index contributed by atoms with van der Waals surface area (Å²) in [5.74, 6) is -1.08. The van der Waals surface area contributed by atoms with Crippen molar-refractivity contribution in [1.82, 2.24) is 9.78 Å². The van der Waals surface area contributed by atoms with E-state index < -0.39 is 11.9 Å². The van der Waals surface area contributed by atoms with E-state index in [1.54, 1.807) is 13.1 Å². The Morgan fingerprint density at radius 3 is 2.81 bits per heavy atom. The van der Waals surface area contributed by atoms with Crippen molar-refractivity contribution in [2.75, 3.05) is 6.61 Å². The molecule has 1 rings (SSSR count). The maximum absolute atomic E-state index is 11.2. The molecular weight excluding hydrogens is 210 g/mol. The molecular formula is C10H13N3O3. The summed E-state index contributed by atoms with van der Waals surface area (Å²) < 4.78 is 6.16. The topological polar surface area (TPSA) is 87.2 Å². The number of rotatable bonds is 5. The van der Waals surface area contributed by atoms with Gasteiger partial charge in [-0.15, -0.1) is 0 Å². The van der Waals surface area contributed by atoms with Gasteiger partial charge in [-0.25, -0.2) is 4.79 Å². The molecule has 0 aliphatic rings. The van der Waals surface area contributed by atoms with Crippen molar-refractivity contribution in [3.63, 3.8) is 0 Å². The first-order valence-corrected chi connectivity index (χ1v) is 4.72. The van der Waals surface area contributed by atoms with Gasteiger partial charge in [-0.2, -0.15) is 5.10 Å². The van der Waals surface area contributed by atoms with Crippen LogP contribution in [0, 0.1) is 0 Å². The molecule has 0 radical (unpaired) electrons. The fraction of sp³-hybridized carbons (Fsp3) is 0.300. The summed E-state index contributed by atoms with van der Waals surface area (Å²) >= 11 is 0. The fourth-order valence-electron chi connectivity index (χ4n) is 1.07. The zero-order valence-electron chi connectivity index (χ0n) is 8.97. The summed E-state index contributed by atoms with van der Waals surface area (Å²) in [6.07, 6.45) is 1.55. The average Bonchev–Trinajstić information content (AvgIpc) is 2.66. The minimum absolute atomic E-state index is 0.150. The molecule has 1 heterocycles.